The third kappa shape index (κ3) is 1.82. The van der Waals surface area contributed by atoms with Crippen LogP contribution in [0.2, 0.25) is 0 Å². The highest BCUT2D eigenvalue weighted by Gasteiger charge is 2.34. The van der Waals surface area contributed by atoms with E-state index in [0.29, 0.717) is 6.42 Å². The van der Waals surface area contributed by atoms with Gasteiger partial charge in [-0.3, -0.25) is 4.79 Å². The molecule has 2 rings (SSSR count). The summed E-state index contributed by atoms with van der Waals surface area (Å²) in [5, 5.41) is 0. The lowest BCUT2D eigenvalue weighted by Crippen LogP contribution is -2.05. The number of hydrogen-bond acceptors (Lipinski definition) is 3. The van der Waals surface area contributed by atoms with Crippen molar-refractivity contribution in [1.29, 1.82) is 0 Å². The first-order chi connectivity index (χ1) is 7.22. The Morgan fingerprint density at radius 1 is 1.40 bits per heavy atom. The van der Waals surface area contributed by atoms with E-state index in [0.717, 1.165) is 11.3 Å². The van der Waals surface area contributed by atoms with Crippen LogP contribution in [0.3, 0.4) is 0 Å². The lowest BCUT2D eigenvalue weighted by molar-refractivity contribution is -0.141. The Morgan fingerprint density at radius 3 is 2.73 bits per heavy atom. The molecule has 0 N–H and O–H groups in total. The second-order valence-electron chi connectivity index (χ2n) is 3.83. The predicted molar refractivity (Wildman–Crippen MR) is 55.6 cm³/mol. The first-order valence-electron chi connectivity index (χ1n) is 5.04. The second kappa shape index (κ2) is 3.93. The topological polar surface area (TPSA) is 35.5 Å². The van der Waals surface area contributed by atoms with Gasteiger partial charge in [-0.15, -0.1) is 0 Å². The Bertz CT molecular complexity index is 373. The second-order valence-corrected chi connectivity index (χ2v) is 3.83. The minimum atomic E-state index is -0.159. The Labute approximate surface area is 89.0 Å². The highest BCUT2D eigenvalue weighted by Crippen LogP contribution is 2.38. The molecule has 0 saturated carbocycles. The van der Waals surface area contributed by atoms with E-state index < -0.39 is 0 Å². The maximum absolute atomic E-state index is 11.2. The van der Waals surface area contributed by atoms with Crippen molar-refractivity contribution < 1.29 is 14.3 Å². The number of hydrogen-bond donors (Lipinski definition) is 0. The largest absolute Gasteiger partial charge is 0.496 e. The van der Waals surface area contributed by atoms with Crippen LogP contribution in [0.1, 0.15) is 25.0 Å². The van der Waals surface area contributed by atoms with Crippen molar-refractivity contribution in [2.45, 2.75) is 19.4 Å². The molecule has 80 valence electrons. The van der Waals surface area contributed by atoms with Crippen molar-refractivity contribution in [3.05, 3.63) is 29.8 Å². The highest BCUT2D eigenvalue weighted by molar-refractivity contribution is 5.72. The first kappa shape index (κ1) is 10.0. The molecule has 0 aliphatic carbocycles. The fraction of sp³-hybridized carbons (Fsp3) is 0.417. The molecule has 0 amide bonds. The van der Waals surface area contributed by atoms with E-state index >= 15 is 0 Å². The number of esters is 1. The zero-order valence-electron chi connectivity index (χ0n) is 8.90. The maximum atomic E-state index is 11.2. The molecule has 0 spiro atoms. The fourth-order valence-corrected chi connectivity index (χ4v) is 1.95. The standard InChI is InChI=1S/C12H14O3/c1-8-7-11(13)15-12(8)9-5-3-4-6-10(9)14-2/h3-6,8,12H,7H2,1-2H3/t8-,12+/m0/s1. The van der Waals surface area contributed by atoms with Crippen LogP contribution in [0.5, 0.6) is 5.75 Å². The van der Waals surface area contributed by atoms with Crippen LogP contribution in [-0.4, -0.2) is 13.1 Å². The molecule has 0 radical (unpaired) electrons. The number of rotatable bonds is 2. The van der Waals surface area contributed by atoms with Crippen molar-refractivity contribution in [2.24, 2.45) is 5.92 Å². The molecule has 1 aliphatic heterocycles. The summed E-state index contributed by atoms with van der Waals surface area (Å²) in [6.45, 7) is 2.02. The van der Waals surface area contributed by atoms with E-state index in [1.807, 2.05) is 31.2 Å². The Kier molecular flexibility index (Phi) is 2.62. The molecule has 0 aromatic heterocycles. The number of carbonyl (C=O) groups is 1. The Balaban J connectivity index is 2.32. The van der Waals surface area contributed by atoms with E-state index in [-0.39, 0.29) is 18.0 Å². The molecule has 0 unspecified atom stereocenters. The molecule has 1 saturated heterocycles. The van der Waals surface area contributed by atoms with Gasteiger partial charge in [0.2, 0.25) is 0 Å². The van der Waals surface area contributed by atoms with Gasteiger partial charge in [0.1, 0.15) is 11.9 Å². The summed E-state index contributed by atoms with van der Waals surface area (Å²) >= 11 is 0. The zero-order chi connectivity index (χ0) is 10.8. The molecule has 15 heavy (non-hydrogen) atoms. The molecule has 0 bridgehead atoms. The maximum Gasteiger partial charge on any atom is 0.306 e. The number of para-hydroxylation sites is 1. The lowest BCUT2D eigenvalue weighted by Gasteiger charge is -2.16. The van der Waals surface area contributed by atoms with Crippen molar-refractivity contribution in [2.75, 3.05) is 7.11 Å². The van der Waals surface area contributed by atoms with E-state index in [4.69, 9.17) is 9.47 Å². The van der Waals surface area contributed by atoms with Crippen molar-refractivity contribution in [3.8, 4) is 5.75 Å². The molecule has 1 fully saturated rings. The van der Waals surface area contributed by atoms with E-state index in [1.54, 1.807) is 7.11 Å². The van der Waals surface area contributed by atoms with Crippen LogP contribution in [0, 0.1) is 5.92 Å². The zero-order valence-corrected chi connectivity index (χ0v) is 8.90. The van der Waals surface area contributed by atoms with E-state index in [2.05, 4.69) is 0 Å². The van der Waals surface area contributed by atoms with Gasteiger partial charge >= 0.3 is 5.97 Å². The smallest absolute Gasteiger partial charge is 0.306 e. The third-order valence-corrected chi connectivity index (χ3v) is 2.71. The van der Waals surface area contributed by atoms with Gasteiger partial charge in [-0.05, 0) is 6.07 Å². The van der Waals surface area contributed by atoms with Crippen LogP contribution >= 0.6 is 0 Å². The monoisotopic (exact) mass is 206 g/mol. The van der Waals surface area contributed by atoms with Crippen molar-refractivity contribution >= 4 is 5.97 Å². The average Bonchev–Trinajstić information content (AvgIpc) is 2.57. The first-order valence-corrected chi connectivity index (χ1v) is 5.04. The number of ether oxygens (including phenoxy) is 2. The van der Waals surface area contributed by atoms with Gasteiger partial charge in [-0.2, -0.15) is 0 Å². The molecule has 1 aromatic carbocycles. The minimum Gasteiger partial charge on any atom is -0.496 e. The van der Waals surface area contributed by atoms with E-state index in [9.17, 15) is 4.79 Å². The van der Waals surface area contributed by atoms with Gasteiger partial charge in [-0.25, -0.2) is 0 Å². The molecular formula is C12H14O3. The van der Waals surface area contributed by atoms with Gasteiger partial charge in [0.15, 0.2) is 0 Å². The van der Waals surface area contributed by atoms with Gasteiger partial charge in [-0.1, -0.05) is 25.1 Å². The summed E-state index contributed by atoms with van der Waals surface area (Å²) in [6, 6.07) is 7.66. The lowest BCUT2D eigenvalue weighted by atomic mass is 9.96. The summed E-state index contributed by atoms with van der Waals surface area (Å²) in [6.07, 6.45) is 0.330. The number of benzene rings is 1. The predicted octanol–water partition coefficient (Wildman–Crippen LogP) is 2.32. The van der Waals surface area contributed by atoms with Gasteiger partial charge in [0, 0.05) is 11.5 Å². The molecular weight excluding hydrogens is 192 g/mol. The summed E-state index contributed by atoms with van der Waals surface area (Å²) in [5.41, 5.74) is 0.957. The van der Waals surface area contributed by atoms with E-state index in [1.165, 1.54) is 0 Å². The Morgan fingerprint density at radius 2 is 2.13 bits per heavy atom. The number of cyclic esters (lactones) is 1. The normalized spacial score (nSPS) is 25.1. The molecule has 2 atom stereocenters. The van der Waals surface area contributed by atoms with Crippen LogP contribution in [0.4, 0.5) is 0 Å². The van der Waals surface area contributed by atoms with Crippen molar-refractivity contribution in [1.82, 2.24) is 0 Å². The highest BCUT2D eigenvalue weighted by atomic mass is 16.6. The van der Waals surface area contributed by atoms with Crippen LogP contribution in [0.25, 0.3) is 0 Å². The average molecular weight is 206 g/mol. The van der Waals surface area contributed by atoms with Gasteiger partial charge in [0.25, 0.3) is 0 Å². The fourth-order valence-electron chi connectivity index (χ4n) is 1.95. The Hall–Kier alpha value is -1.51. The quantitative estimate of drug-likeness (QED) is 0.696. The van der Waals surface area contributed by atoms with Crippen LogP contribution in [-0.2, 0) is 9.53 Å². The molecule has 3 heteroatoms. The molecule has 1 aliphatic rings. The van der Waals surface area contributed by atoms with Crippen molar-refractivity contribution in [3.63, 3.8) is 0 Å². The van der Waals surface area contributed by atoms with Gasteiger partial charge in [0.05, 0.1) is 13.5 Å². The summed E-state index contributed by atoms with van der Waals surface area (Å²) in [4.78, 5) is 11.2. The molecule has 1 heterocycles. The number of methoxy groups -OCH3 is 1. The third-order valence-electron chi connectivity index (χ3n) is 2.71. The molecule has 1 aromatic rings. The van der Waals surface area contributed by atoms with Crippen LogP contribution < -0.4 is 4.74 Å². The minimum absolute atomic E-state index is 0.126. The van der Waals surface area contributed by atoms with Gasteiger partial charge < -0.3 is 9.47 Å². The molecule has 3 nitrogen and oxygen atoms in total. The SMILES string of the molecule is COc1ccccc1[C@@H]1OC(=O)C[C@@H]1C. The summed E-state index contributed by atoms with van der Waals surface area (Å²) < 4.78 is 10.5. The summed E-state index contributed by atoms with van der Waals surface area (Å²) in [5.74, 6) is 0.872. The van der Waals surface area contributed by atoms with Crippen LogP contribution in [0.15, 0.2) is 24.3 Å². The summed E-state index contributed by atoms with van der Waals surface area (Å²) in [7, 11) is 1.63. The number of carbonyl (C=O) groups excluding carboxylic acids is 1.